The molecule has 3 rings (SSSR count). The molecule has 0 bridgehead atoms. The second kappa shape index (κ2) is 5.67. The van der Waals surface area contributed by atoms with E-state index in [0.717, 1.165) is 36.8 Å². The van der Waals surface area contributed by atoms with Gasteiger partial charge in [-0.1, -0.05) is 11.6 Å². The molecule has 4 nitrogen and oxygen atoms in total. The third-order valence-electron chi connectivity index (χ3n) is 3.60. The Labute approximate surface area is 122 Å². The van der Waals surface area contributed by atoms with Gasteiger partial charge in [0.2, 0.25) is 0 Å². The fourth-order valence-corrected chi connectivity index (χ4v) is 2.75. The lowest BCUT2D eigenvalue weighted by atomic mass is 10.1. The first-order valence-corrected chi connectivity index (χ1v) is 7.22. The average Bonchev–Trinajstić information content (AvgIpc) is 2.51. The first-order chi connectivity index (χ1) is 9.75. The molecule has 0 aliphatic carbocycles. The number of amides is 2. The highest BCUT2D eigenvalue weighted by Crippen LogP contribution is 2.28. The minimum atomic E-state index is -0.0565. The van der Waals surface area contributed by atoms with Crippen LogP contribution in [0.25, 0.3) is 10.9 Å². The maximum atomic E-state index is 12.3. The van der Waals surface area contributed by atoms with Crippen LogP contribution in [0.1, 0.15) is 19.3 Å². The van der Waals surface area contributed by atoms with Crippen LogP contribution < -0.4 is 5.32 Å². The Bertz CT molecular complexity index is 638. The first kappa shape index (κ1) is 13.2. The lowest BCUT2D eigenvalue weighted by molar-refractivity contribution is 0.200. The Morgan fingerprint density at radius 3 is 2.80 bits per heavy atom. The van der Waals surface area contributed by atoms with Gasteiger partial charge in [-0.15, -0.1) is 0 Å². The van der Waals surface area contributed by atoms with Crippen molar-refractivity contribution in [2.24, 2.45) is 0 Å². The summed E-state index contributed by atoms with van der Waals surface area (Å²) in [5.41, 5.74) is 1.44. The predicted molar refractivity (Wildman–Crippen MR) is 81.2 cm³/mol. The van der Waals surface area contributed by atoms with E-state index in [1.165, 1.54) is 6.42 Å². The van der Waals surface area contributed by atoms with Gasteiger partial charge in [0.25, 0.3) is 0 Å². The van der Waals surface area contributed by atoms with Crippen molar-refractivity contribution in [3.05, 3.63) is 35.5 Å². The molecule has 1 aliphatic heterocycles. The van der Waals surface area contributed by atoms with Crippen molar-refractivity contribution >= 4 is 34.2 Å². The molecule has 0 atom stereocenters. The molecular formula is C15H16ClN3O. The summed E-state index contributed by atoms with van der Waals surface area (Å²) in [6, 6.07) is 7.28. The molecule has 1 aliphatic rings. The second-order valence-electron chi connectivity index (χ2n) is 4.97. The van der Waals surface area contributed by atoms with E-state index in [9.17, 15) is 4.79 Å². The zero-order valence-corrected chi connectivity index (χ0v) is 11.9. The van der Waals surface area contributed by atoms with Crippen molar-refractivity contribution in [1.82, 2.24) is 9.88 Å². The third-order valence-corrected chi connectivity index (χ3v) is 3.93. The number of halogens is 1. The number of anilines is 1. The molecule has 1 saturated heterocycles. The Kier molecular flexibility index (Phi) is 3.74. The van der Waals surface area contributed by atoms with Gasteiger partial charge in [0, 0.05) is 24.7 Å². The van der Waals surface area contributed by atoms with Crippen molar-refractivity contribution in [3.8, 4) is 0 Å². The van der Waals surface area contributed by atoms with Crippen LogP contribution >= 0.6 is 11.6 Å². The number of carbonyl (C=O) groups is 1. The molecule has 2 aromatic rings. The molecule has 1 aromatic heterocycles. The Morgan fingerprint density at radius 2 is 2.00 bits per heavy atom. The first-order valence-electron chi connectivity index (χ1n) is 6.85. The van der Waals surface area contributed by atoms with Gasteiger partial charge in [-0.05, 0) is 43.5 Å². The summed E-state index contributed by atoms with van der Waals surface area (Å²) in [5, 5.41) is 4.44. The molecule has 1 N–H and O–H groups in total. The monoisotopic (exact) mass is 289 g/mol. The number of carbonyl (C=O) groups excluding carboxylic acids is 1. The topological polar surface area (TPSA) is 45.2 Å². The molecule has 0 saturated carbocycles. The van der Waals surface area contributed by atoms with E-state index in [1.54, 1.807) is 18.3 Å². The number of nitrogens with zero attached hydrogens (tertiary/aromatic N) is 2. The highest BCUT2D eigenvalue weighted by Gasteiger charge is 2.17. The highest BCUT2D eigenvalue weighted by molar-refractivity contribution is 6.35. The van der Waals surface area contributed by atoms with Crippen LogP contribution in [0.3, 0.4) is 0 Å². The Balaban J connectivity index is 1.87. The lowest BCUT2D eigenvalue weighted by Crippen LogP contribution is -2.38. The van der Waals surface area contributed by atoms with Crippen molar-refractivity contribution < 1.29 is 4.79 Å². The number of pyridine rings is 1. The molecule has 0 unspecified atom stereocenters. The van der Waals surface area contributed by atoms with Crippen molar-refractivity contribution in [1.29, 1.82) is 0 Å². The SMILES string of the molecule is O=C(Nc1ccc(Cl)c2cccnc12)N1CCCCC1. The highest BCUT2D eigenvalue weighted by atomic mass is 35.5. The predicted octanol–water partition coefficient (Wildman–Crippen LogP) is 3.91. The molecule has 2 amide bonds. The molecule has 20 heavy (non-hydrogen) atoms. The molecule has 0 spiro atoms. The number of hydrogen-bond acceptors (Lipinski definition) is 2. The zero-order valence-electron chi connectivity index (χ0n) is 11.1. The van der Waals surface area contributed by atoms with E-state index in [0.29, 0.717) is 10.7 Å². The van der Waals surface area contributed by atoms with Gasteiger partial charge in [-0.2, -0.15) is 0 Å². The maximum Gasteiger partial charge on any atom is 0.321 e. The summed E-state index contributed by atoms with van der Waals surface area (Å²) in [4.78, 5) is 18.4. The molecular weight excluding hydrogens is 274 g/mol. The molecule has 1 fully saturated rings. The second-order valence-corrected chi connectivity index (χ2v) is 5.38. The number of rotatable bonds is 1. The summed E-state index contributed by atoms with van der Waals surface area (Å²) >= 11 is 6.15. The van der Waals surface area contributed by atoms with E-state index in [1.807, 2.05) is 17.0 Å². The van der Waals surface area contributed by atoms with Crippen LogP contribution in [-0.2, 0) is 0 Å². The van der Waals surface area contributed by atoms with E-state index in [2.05, 4.69) is 10.3 Å². The minimum Gasteiger partial charge on any atom is -0.325 e. The van der Waals surface area contributed by atoms with E-state index >= 15 is 0 Å². The van der Waals surface area contributed by atoms with Crippen LogP contribution in [0.15, 0.2) is 30.5 Å². The van der Waals surface area contributed by atoms with Gasteiger partial charge in [-0.3, -0.25) is 4.98 Å². The maximum absolute atomic E-state index is 12.3. The van der Waals surface area contributed by atoms with Crippen molar-refractivity contribution in [2.75, 3.05) is 18.4 Å². The minimum absolute atomic E-state index is 0.0565. The lowest BCUT2D eigenvalue weighted by Gasteiger charge is -2.27. The number of fused-ring (bicyclic) bond motifs is 1. The van der Waals surface area contributed by atoms with Gasteiger partial charge in [0.05, 0.1) is 16.2 Å². The van der Waals surface area contributed by atoms with Gasteiger partial charge >= 0.3 is 6.03 Å². The van der Waals surface area contributed by atoms with E-state index in [4.69, 9.17) is 11.6 Å². The Morgan fingerprint density at radius 1 is 1.20 bits per heavy atom. The molecule has 1 aromatic carbocycles. The van der Waals surface area contributed by atoms with Gasteiger partial charge in [0.15, 0.2) is 0 Å². The molecule has 5 heteroatoms. The number of likely N-dealkylation sites (tertiary alicyclic amines) is 1. The van der Waals surface area contributed by atoms with E-state index < -0.39 is 0 Å². The fraction of sp³-hybridized carbons (Fsp3) is 0.333. The third kappa shape index (κ3) is 2.56. The van der Waals surface area contributed by atoms with E-state index in [-0.39, 0.29) is 6.03 Å². The largest absolute Gasteiger partial charge is 0.325 e. The van der Waals surface area contributed by atoms with Crippen LogP contribution in [0.2, 0.25) is 5.02 Å². The standard InChI is InChI=1S/C15H16ClN3O/c16-12-6-7-13(14-11(12)5-4-8-17-14)18-15(20)19-9-2-1-3-10-19/h4-8H,1-3,9-10H2,(H,18,20). The zero-order chi connectivity index (χ0) is 13.9. The number of aromatic nitrogens is 1. The summed E-state index contributed by atoms with van der Waals surface area (Å²) < 4.78 is 0. The summed E-state index contributed by atoms with van der Waals surface area (Å²) in [6.07, 6.45) is 5.06. The summed E-state index contributed by atoms with van der Waals surface area (Å²) in [6.45, 7) is 1.65. The van der Waals surface area contributed by atoms with Crippen LogP contribution in [-0.4, -0.2) is 29.0 Å². The van der Waals surface area contributed by atoms with Crippen LogP contribution in [0.4, 0.5) is 10.5 Å². The van der Waals surface area contributed by atoms with Crippen LogP contribution in [0.5, 0.6) is 0 Å². The Hall–Kier alpha value is -1.81. The number of piperidine rings is 1. The summed E-state index contributed by atoms with van der Waals surface area (Å²) in [7, 11) is 0. The smallest absolute Gasteiger partial charge is 0.321 e. The fourth-order valence-electron chi connectivity index (χ4n) is 2.53. The van der Waals surface area contributed by atoms with Gasteiger partial charge in [-0.25, -0.2) is 4.79 Å². The van der Waals surface area contributed by atoms with Crippen molar-refractivity contribution in [2.45, 2.75) is 19.3 Å². The quantitative estimate of drug-likeness (QED) is 0.865. The van der Waals surface area contributed by atoms with Gasteiger partial charge < -0.3 is 10.2 Å². The number of hydrogen-bond donors (Lipinski definition) is 1. The number of urea groups is 1. The summed E-state index contributed by atoms with van der Waals surface area (Å²) in [5.74, 6) is 0. The van der Waals surface area contributed by atoms with Crippen molar-refractivity contribution in [3.63, 3.8) is 0 Å². The molecule has 0 radical (unpaired) electrons. The molecule has 104 valence electrons. The number of benzene rings is 1. The molecule has 2 heterocycles. The van der Waals surface area contributed by atoms with Gasteiger partial charge in [0.1, 0.15) is 0 Å². The number of nitrogens with one attached hydrogen (secondary N) is 1. The normalized spacial score (nSPS) is 15.3. The average molecular weight is 290 g/mol. The van der Waals surface area contributed by atoms with Crippen LogP contribution in [0, 0.1) is 0 Å².